The molecule has 0 aromatic carbocycles. The Kier molecular flexibility index (Phi) is 3.88. The summed E-state index contributed by atoms with van der Waals surface area (Å²) >= 11 is 0. The van der Waals surface area contributed by atoms with Gasteiger partial charge in [0.25, 0.3) is 0 Å². The van der Waals surface area contributed by atoms with Crippen LogP contribution in [0.15, 0.2) is 6.07 Å². The van der Waals surface area contributed by atoms with Crippen molar-refractivity contribution in [2.24, 2.45) is 0 Å². The zero-order valence-electron chi connectivity index (χ0n) is 11.8. The van der Waals surface area contributed by atoms with Gasteiger partial charge in [0.15, 0.2) is 0 Å². The van der Waals surface area contributed by atoms with Gasteiger partial charge in [0.05, 0.1) is 20.3 Å². The Morgan fingerprint density at radius 1 is 1.30 bits per heavy atom. The molecule has 2 N–H and O–H groups in total. The van der Waals surface area contributed by atoms with Gasteiger partial charge in [0.1, 0.15) is 5.82 Å². The first-order valence-electron chi connectivity index (χ1n) is 7.01. The smallest absolute Gasteiger partial charge is 0.225 e. The van der Waals surface area contributed by atoms with Crippen LogP contribution in [0.25, 0.3) is 0 Å². The third kappa shape index (κ3) is 2.78. The number of ether oxygens (including phenoxy) is 2. The molecule has 7 nitrogen and oxygen atoms in total. The third-order valence-electron chi connectivity index (χ3n) is 3.97. The van der Waals surface area contributed by atoms with Gasteiger partial charge in [0.2, 0.25) is 11.8 Å². The molecule has 1 aromatic heterocycles. The van der Waals surface area contributed by atoms with Crippen molar-refractivity contribution in [2.75, 3.05) is 57.1 Å². The van der Waals surface area contributed by atoms with Gasteiger partial charge < -0.3 is 20.1 Å². The number of methoxy groups -OCH3 is 1. The van der Waals surface area contributed by atoms with Gasteiger partial charge >= 0.3 is 0 Å². The van der Waals surface area contributed by atoms with Crippen molar-refractivity contribution in [3.63, 3.8) is 0 Å². The van der Waals surface area contributed by atoms with E-state index < -0.39 is 0 Å². The number of nitrogens with two attached hydrogens (primary N) is 1. The standard InChI is InChI=1S/C13H21N5O2/c1-19-12-8-11(15-13(14)16-12)18-3-2-10(9-18)17-4-6-20-7-5-17/h8,10H,2-7,9H2,1H3,(H2,14,15,16). The van der Waals surface area contributed by atoms with Crippen molar-refractivity contribution in [3.05, 3.63) is 6.07 Å². The normalized spacial score (nSPS) is 24.1. The lowest BCUT2D eigenvalue weighted by Crippen LogP contribution is -2.44. The first kappa shape index (κ1) is 13.4. The topological polar surface area (TPSA) is 76.7 Å². The maximum Gasteiger partial charge on any atom is 0.225 e. The highest BCUT2D eigenvalue weighted by Crippen LogP contribution is 2.24. The highest BCUT2D eigenvalue weighted by Gasteiger charge is 2.29. The van der Waals surface area contributed by atoms with Gasteiger partial charge in [-0.15, -0.1) is 0 Å². The van der Waals surface area contributed by atoms with Crippen LogP contribution >= 0.6 is 0 Å². The average Bonchev–Trinajstić information content (AvgIpc) is 2.97. The molecule has 7 heteroatoms. The number of hydrogen-bond donors (Lipinski definition) is 1. The molecule has 1 aromatic rings. The van der Waals surface area contributed by atoms with E-state index in [1.807, 2.05) is 6.07 Å². The summed E-state index contributed by atoms with van der Waals surface area (Å²) in [5.74, 6) is 1.63. The first-order chi connectivity index (χ1) is 9.76. The Bertz CT molecular complexity index is 464. The predicted molar refractivity (Wildman–Crippen MR) is 76.0 cm³/mol. The Hall–Kier alpha value is -1.60. The van der Waals surface area contributed by atoms with Crippen molar-refractivity contribution >= 4 is 11.8 Å². The largest absolute Gasteiger partial charge is 0.481 e. The molecule has 0 spiro atoms. The van der Waals surface area contributed by atoms with E-state index in [2.05, 4.69) is 19.8 Å². The second-order valence-electron chi connectivity index (χ2n) is 5.16. The first-order valence-corrected chi connectivity index (χ1v) is 7.01. The lowest BCUT2D eigenvalue weighted by Gasteiger charge is -2.32. The molecule has 1 unspecified atom stereocenters. The molecule has 2 aliphatic rings. The number of morpholine rings is 1. The number of anilines is 2. The highest BCUT2D eigenvalue weighted by atomic mass is 16.5. The third-order valence-corrected chi connectivity index (χ3v) is 3.97. The predicted octanol–water partition coefficient (Wildman–Crippen LogP) is -0.0217. The lowest BCUT2D eigenvalue weighted by atomic mass is 10.2. The van der Waals surface area contributed by atoms with Crippen LogP contribution in [-0.4, -0.2) is 67.4 Å². The Morgan fingerprint density at radius 2 is 2.10 bits per heavy atom. The average molecular weight is 279 g/mol. The molecule has 0 saturated carbocycles. The fourth-order valence-corrected chi connectivity index (χ4v) is 2.89. The van der Waals surface area contributed by atoms with Crippen LogP contribution in [0.3, 0.4) is 0 Å². The van der Waals surface area contributed by atoms with Crippen LogP contribution < -0.4 is 15.4 Å². The molecular weight excluding hydrogens is 258 g/mol. The van der Waals surface area contributed by atoms with Crippen LogP contribution in [0.4, 0.5) is 11.8 Å². The summed E-state index contributed by atoms with van der Waals surface area (Å²) in [5.41, 5.74) is 5.72. The summed E-state index contributed by atoms with van der Waals surface area (Å²) in [6.07, 6.45) is 1.15. The van der Waals surface area contributed by atoms with Crippen LogP contribution in [0.1, 0.15) is 6.42 Å². The second kappa shape index (κ2) is 5.80. The number of nitrogen functional groups attached to an aromatic ring is 1. The molecule has 110 valence electrons. The SMILES string of the molecule is COc1cc(N2CCC(N3CCOCC3)C2)nc(N)n1. The summed E-state index contributed by atoms with van der Waals surface area (Å²) in [4.78, 5) is 13.1. The van der Waals surface area contributed by atoms with Gasteiger partial charge in [-0.05, 0) is 6.42 Å². The molecule has 0 amide bonds. The quantitative estimate of drug-likeness (QED) is 0.833. The minimum atomic E-state index is 0.258. The minimum absolute atomic E-state index is 0.258. The van der Waals surface area contributed by atoms with Gasteiger partial charge in [-0.2, -0.15) is 9.97 Å². The van der Waals surface area contributed by atoms with E-state index in [9.17, 15) is 0 Å². The van der Waals surface area contributed by atoms with Crippen molar-refractivity contribution in [3.8, 4) is 5.88 Å². The molecule has 3 rings (SSSR count). The molecule has 3 heterocycles. The number of aromatic nitrogens is 2. The maximum absolute atomic E-state index is 5.72. The molecule has 2 aliphatic heterocycles. The van der Waals surface area contributed by atoms with Crippen molar-refractivity contribution in [1.82, 2.24) is 14.9 Å². The van der Waals surface area contributed by atoms with Crippen LogP contribution in [0, 0.1) is 0 Å². The fourth-order valence-electron chi connectivity index (χ4n) is 2.89. The minimum Gasteiger partial charge on any atom is -0.481 e. The number of nitrogens with zero attached hydrogens (tertiary/aromatic N) is 4. The van der Waals surface area contributed by atoms with Gasteiger partial charge in [-0.3, -0.25) is 4.90 Å². The lowest BCUT2D eigenvalue weighted by molar-refractivity contribution is 0.0209. The molecule has 1 atom stereocenters. The second-order valence-corrected chi connectivity index (χ2v) is 5.16. The van der Waals surface area contributed by atoms with E-state index >= 15 is 0 Å². The zero-order chi connectivity index (χ0) is 13.9. The summed E-state index contributed by atoms with van der Waals surface area (Å²) in [7, 11) is 1.59. The number of hydrogen-bond acceptors (Lipinski definition) is 7. The van der Waals surface area contributed by atoms with Crippen LogP contribution in [0.5, 0.6) is 5.88 Å². The summed E-state index contributed by atoms with van der Waals surface area (Å²) < 4.78 is 10.6. The molecule has 0 aliphatic carbocycles. The Balaban J connectivity index is 1.68. The molecule has 2 saturated heterocycles. The Morgan fingerprint density at radius 3 is 2.85 bits per heavy atom. The fraction of sp³-hybridized carbons (Fsp3) is 0.692. The molecule has 0 radical (unpaired) electrons. The van der Waals surface area contributed by atoms with E-state index in [0.717, 1.165) is 51.6 Å². The van der Waals surface area contributed by atoms with Crippen molar-refractivity contribution in [2.45, 2.75) is 12.5 Å². The van der Waals surface area contributed by atoms with E-state index in [-0.39, 0.29) is 5.95 Å². The van der Waals surface area contributed by atoms with E-state index in [1.54, 1.807) is 7.11 Å². The number of rotatable bonds is 3. The van der Waals surface area contributed by atoms with E-state index in [1.165, 1.54) is 0 Å². The molecular formula is C13H21N5O2. The van der Waals surface area contributed by atoms with Crippen LogP contribution in [0.2, 0.25) is 0 Å². The monoisotopic (exact) mass is 279 g/mol. The van der Waals surface area contributed by atoms with Gasteiger partial charge in [-0.1, -0.05) is 0 Å². The maximum atomic E-state index is 5.72. The Labute approximate surface area is 118 Å². The van der Waals surface area contributed by atoms with Crippen molar-refractivity contribution in [1.29, 1.82) is 0 Å². The van der Waals surface area contributed by atoms with Gasteiger partial charge in [-0.25, -0.2) is 0 Å². The van der Waals surface area contributed by atoms with E-state index in [4.69, 9.17) is 15.2 Å². The van der Waals surface area contributed by atoms with Gasteiger partial charge in [0, 0.05) is 38.3 Å². The van der Waals surface area contributed by atoms with Crippen LogP contribution in [-0.2, 0) is 4.74 Å². The highest BCUT2D eigenvalue weighted by molar-refractivity contribution is 5.46. The molecule has 2 fully saturated rings. The summed E-state index contributed by atoms with van der Waals surface area (Å²) in [6.45, 7) is 5.68. The van der Waals surface area contributed by atoms with Crippen molar-refractivity contribution < 1.29 is 9.47 Å². The summed E-state index contributed by atoms with van der Waals surface area (Å²) in [6, 6.07) is 2.42. The molecule has 20 heavy (non-hydrogen) atoms. The molecule has 0 bridgehead atoms. The van der Waals surface area contributed by atoms with E-state index in [0.29, 0.717) is 11.9 Å². The zero-order valence-corrected chi connectivity index (χ0v) is 11.8. The summed E-state index contributed by atoms with van der Waals surface area (Å²) in [5, 5.41) is 0.